The summed E-state index contributed by atoms with van der Waals surface area (Å²) in [6, 6.07) is 13.6. The highest BCUT2D eigenvalue weighted by molar-refractivity contribution is 5.96. The van der Waals surface area contributed by atoms with E-state index in [-0.39, 0.29) is 25.6 Å². The fourth-order valence-corrected chi connectivity index (χ4v) is 2.57. The average molecular weight is 354 g/mol. The highest BCUT2D eigenvalue weighted by atomic mass is 16.5. The SMILES string of the molecule is CCOC(=O)c1oc2ccccc2c1COC(=O)c1ccc(CO)cc1. The second kappa shape index (κ2) is 7.84. The first-order valence-corrected chi connectivity index (χ1v) is 8.18. The second-order valence-corrected chi connectivity index (χ2v) is 5.56. The Labute approximate surface area is 149 Å². The normalized spacial score (nSPS) is 10.7. The summed E-state index contributed by atoms with van der Waals surface area (Å²) in [6.07, 6.45) is 0. The molecule has 0 unspecified atom stereocenters. The highest BCUT2D eigenvalue weighted by Crippen LogP contribution is 2.27. The minimum Gasteiger partial charge on any atom is -0.460 e. The van der Waals surface area contributed by atoms with E-state index in [0.29, 0.717) is 27.7 Å². The number of para-hydroxylation sites is 1. The number of aliphatic hydroxyl groups is 1. The van der Waals surface area contributed by atoms with Gasteiger partial charge in [0.05, 0.1) is 24.3 Å². The maximum atomic E-state index is 12.3. The second-order valence-electron chi connectivity index (χ2n) is 5.56. The van der Waals surface area contributed by atoms with Crippen molar-refractivity contribution in [2.45, 2.75) is 20.1 Å². The van der Waals surface area contributed by atoms with Gasteiger partial charge in [-0.3, -0.25) is 0 Å². The van der Waals surface area contributed by atoms with E-state index in [1.54, 1.807) is 49.4 Å². The van der Waals surface area contributed by atoms with Gasteiger partial charge in [-0.1, -0.05) is 30.3 Å². The molecule has 3 aromatic rings. The third-order valence-electron chi connectivity index (χ3n) is 3.88. The predicted octanol–water partition coefficient (Wildman–Crippen LogP) is 3.46. The third kappa shape index (κ3) is 3.60. The van der Waals surface area contributed by atoms with E-state index in [0.717, 1.165) is 0 Å². The van der Waals surface area contributed by atoms with Crippen molar-refractivity contribution in [2.75, 3.05) is 6.61 Å². The smallest absolute Gasteiger partial charge is 0.374 e. The summed E-state index contributed by atoms with van der Waals surface area (Å²) in [4.78, 5) is 24.4. The van der Waals surface area contributed by atoms with Gasteiger partial charge in [-0.15, -0.1) is 0 Å². The molecule has 0 saturated carbocycles. The summed E-state index contributed by atoms with van der Waals surface area (Å²) in [7, 11) is 0. The van der Waals surface area contributed by atoms with E-state index < -0.39 is 11.9 Å². The van der Waals surface area contributed by atoms with Crippen LogP contribution in [0.15, 0.2) is 52.9 Å². The zero-order valence-electron chi connectivity index (χ0n) is 14.2. The average Bonchev–Trinajstić information content (AvgIpc) is 3.05. The molecule has 1 aromatic heterocycles. The Morgan fingerprint density at radius 2 is 1.73 bits per heavy atom. The Bertz CT molecular complexity index is 923. The van der Waals surface area contributed by atoms with Gasteiger partial charge in [-0.2, -0.15) is 0 Å². The van der Waals surface area contributed by atoms with Crippen LogP contribution in [0.5, 0.6) is 0 Å². The quantitative estimate of drug-likeness (QED) is 0.682. The lowest BCUT2D eigenvalue weighted by molar-refractivity contribution is 0.0435. The summed E-state index contributed by atoms with van der Waals surface area (Å²) in [5.41, 5.74) is 2.05. The molecule has 2 aromatic carbocycles. The van der Waals surface area contributed by atoms with Gasteiger partial charge in [0.15, 0.2) is 0 Å². The number of fused-ring (bicyclic) bond motifs is 1. The molecule has 0 fully saturated rings. The van der Waals surface area contributed by atoms with E-state index in [2.05, 4.69) is 0 Å². The van der Waals surface area contributed by atoms with Gasteiger partial charge in [0.2, 0.25) is 5.76 Å². The molecule has 0 aliphatic carbocycles. The monoisotopic (exact) mass is 354 g/mol. The number of rotatable bonds is 6. The number of hydrogen-bond acceptors (Lipinski definition) is 6. The maximum absolute atomic E-state index is 12.3. The molecule has 26 heavy (non-hydrogen) atoms. The zero-order chi connectivity index (χ0) is 18.5. The van der Waals surface area contributed by atoms with Gasteiger partial charge < -0.3 is 19.0 Å². The highest BCUT2D eigenvalue weighted by Gasteiger charge is 2.22. The topological polar surface area (TPSA) is 86.0 Å². The van der Waals surface area contributed by atoms with Crippen molar-refractivity contribution in [3.63, 3.8) is 0 Å². The summed E-state index contributed by atoms with van der Waals surface area (Å²) in [5.74, 6) is -1.09. The Morgan fingerprint density at radius 3 is 2.42 bits per heavy atom. The Morgan fingerprint density at radius 1 is 1.00 bits per heavy atom. The van der Waals surface area contributed by atoms with E-state index >= 15 is 0 Å². The molecular weight excluding hydrogens is 336 g/mol. The van der Waals surface area contributed by atoms with Crippen LogP contribution < -0.4 is 0 Å². The van der Waals surface area contributed by atoms with Crippen molar-refractivity contribution in [3.8, 4) is 0 Å². The Balaban J connectivity index is 1.83. The molecule has 0 spiro atoms. The molecule has 6 heteroatoms. The zero-order valence-corrected chi connectivity index (χ0v) is 14.2. The molecule has 0 atom stereocenters. The van der Waals surface area contributed by atoms with Gasteiger partial charge in [0.1, 0.15) is 12.2 Å². The van der Waals surface area contributed by atoms with Crippen LogP contribution in [0.4, 0.5) is 0 Å². The van der Waals surface area contributed by atoms with Gasteiger partial charge in [0, 0.05) is 5.39 Å². The fraction of sp³-hybridized carbons (Fsp3) is 0.200. The Kier molecular flexibility index (Phi) is 5.34. The number of aliphatic hydroxyl groups excluding tert-OH is 1. The minimum atomic E-state index is -0.595. The van der Waals surface area contributed by atoms with Crippen molar-refractivity contribution >= 4 is 22.9 Å². The summed E-state index contributed by atoms with van der Waals surface area (Å²) >= 11 is 0. The largest absolute Gasteiger partial charge is 0.460 e. The molecule has 0 aliphatic heterocycles. The van der Waals surface area contributed by atoms with Crippen molar-refractivity contribution in [1.82, 2.24) is 0 Å². The van der Waals surface area contributed by atoms with Crippen molar-refractivity contribution in [2.24, 2.45) is 0 Å². The van der Waals surface area contributed by atoms with Crippen molar-refractivity contribution in [3.05, 3.63) is 71.0 Å². The molecule has 6 nitrogen and oxygen atoms in total. The summed E-state index contributed by atoms with van der Waals surface area (Å²) in [5, 5.41) is 9.75. The van der Waals surface area contributed by atoms with Crippen LogP contribution >= 0.6 is 0 Å². The van der Waals surface area contributed by atoms with Crippen LogP contribution in [0.1, 0.15) is 39.0 Å². The van der Waals surface area contributed by atoms with Crippen molar-refractivity contribution in [1.29, 1.82) is 0 Å². The van der Waals surface area contributed by atoms with Crippen LogP contribution in [-0.4, -0.2) is 23.7 Å². The molecule has 1 heterocycles. The molecule has 134 valence electrons. The molecule has 0 radical (unpaired) electrons. The van der Waals surface area contributed by atoms with Crippen LogP contribution in [0.2, 0.25) is 0 Å². The van der Waals surface area contributed by atoms with E-state index in [9.17, 15) is 9.59 Å². The molecule has 3 rings (SSSR count). The first-order valence-electron chi connectivity index (χ1n) is 8.18. The van der Waals surface area contributed by atoms with Crippen molar-refractivity contribution < 1.29 is 28.6 Å². The third-order valence-corrected chi connectivity index (χ3v) is 3.88. The van der Waals surface area contributed by atoms with Gasteiger partial charge in [-0.25, -0.2) is 9.59 Å². The summed E-state index contributed by atoms with van der Waals surface area (Å²) in [6.45, 7) is 1.70. The van der Waals surface area contributed by atoms with Gasteiger partial charge in [0.25, 0.3) is 0 Å². The molecule has 0 aliphatic rings. The maximum Gasteiger partial charge on any atom is 0.374 e. The van der Waals surface area contributed by atoms with Gasteiger partial charge >= 0.3 is 11.9 Å². The first-order chi connectivity index (χ1) is 12.6. The van der Waals surface area contributed by atoms with E-state index in [4.69, 9.17) is 19.0 Å². The van der Waals surface area contributed by atoms with E-state index in [1.807, 2.05) is 6.07 Å². The number of esters is 2. The lowest BCUT2D eigenvalue weighted by atomic mass is 10.1. The number of furan rings is 1. The predicted molar refractivity (Wildman–Crippen MR) is 93.7 cm³/mol. The minimum absolute atomic E-state index is 0.0384. The standard InChI is InChI=1S/C20H18O6/c1-2-24-20(23)18-16(15-5-3-4-6-17(15)26-18)12-25-19(22)14-9-7-13(11-21)8-10-14/h3-10,21H,2,11-12H2,1H3. The lowest BCUT2D eigenvalue weighted by Gasteiger charge is -2.06. The lowest BCUT2D eigenvalue weighted by Crippen LogP contribution is -2.10. The number of benzene rings is 2. The van der Waals surface area contributed by atoms with Crippen LogP contribution in [0.25, 0.3) is 11.0 Å². The van der Waals surface area contributed by atoms with E-state index in [1.165, 1.54) is 0 Å². The molecule has 0 amide bonds. The van der Waals surface area contributed by atoms with Gasteiger partial charge in [-0.05, 0) is 30.7 Å². The number of ether oxygens (including phenoxy) is 2. The Hall–Kier alpha value is -3.12. The molecule has 0 saturated heterocycles. The molecule has 1 N–H and O–H groups in total. The number of hydrogen-bond donors (Lipinski definition) is 1. The molecular formula is C20H18O6. The summed E-state index contributed by atoms with van der Waals surface area (Å²) < 4.78 is 16.0. The molecule has 0 bridgehead atoms. The fourth-order valence-electron chi connectivity index (χ4n) is 2.57. The van der Waals surface area contributed by atoms with Crippen LogP contribution in [0.3, 0.4) is 0 Å². The number of carbonyl (C=O) groups is 2. The van der Waals surface area contributed by atoms with Crippen LogP contribution in [0, 0.1) is 0 Å². The van der Waals surface area contributed by atoms with Crippen LogP contribution in [-0.2, 0) is 22.7 Å². The first kappa shape index (κ1) is 17.7. The number of carbonyl (C=O) groups excluding carboxylic acids is 2.